The monoisotopic (exact) mass is 295 g/mol. The van der Waals surface area contributed by atoms with Crippen LogP contribution in [0.25, 0.3) is 0 Å². The fourth-order valence-corrected chi connectivity index (χ4v) is 4.84. The van der Waals surface area contributed by atoms with Crippen molar-refractivity contribution in [2.75, 3.05) is 5.75 Å². The summed E-state index contributed by atoms with van der Waals surface area (Å²) < 4.78 is 24.3. The summed E-state index contributed by atoms with van der Waals surface area (Å²) in [6.07, 6.45) is 2.41. The Balaban J connectivity index is 2.23. The van der Waals surface area contributed by atoms with Crippen molar-refractivity contribution >= 4 is 9.84 Å². The van der Waals surface area contributed by atoms with Crippen LogP contribution < -0.4 is 5.73 Å². The fourth-order valence-electron chi connectivity index (χ4n) is 2.80. The van der Waals surface area contributed by atoms with Crippen LogP contribution in [0.1, 0.15) is 57.2 Å². The van der Waals surface area contributed by atoms with Crippen LogP contribution in [0.3, 0.4) is 0 Å². The largest absolute Gasteiger partial charge is 0.323 e. The van der Waals surface area contributed by atoms with Gasteiger partial charge in [-0.15, -0.1) is 0 Å². The van der Waals surface area contributed by atoms with Crippen molar-refractivity contribution in [1.29, 1.82) is 0 Å². The second kappa shape index (κ2) is 5.49. The molecule has 2 rings (SSSR count). The Morgan fingerprint density at radius 1 is 1.15 bits per heavy atom. The van der Waals surface area contributed by atoms with Gasteiger partial charge in [0.05, 0.1) is 11.0 Å². The summed E-state index contributed by atoms with van der Waals surface area (Å²) in [6, 6.07) is 7.68. The van der Waals surface area contributed by atoms with Gasteiger partial charge in [-0.3, -0.25) is 0 Å². The van der Waals surface area contributed by atoms with E-state index in [0.29, 0.717) is 6.42 Å². The maximum Gasteiger partial charge on any atom is 0.155 e. The van der Waals surface area contributed by atoms with Gasteiger partial charge in [0.2, 0.25) is 0 Å². The highest BCUT2D eigenvalue weighted by Gasteiger charge is 2.34. The van der Waals surface area contributed by atoms with Crippen molar-refractivity contribution in [3.05, 3.63) is 35.4 Å². The molecule has 1 aliphatic heterocycles. The van der Waals surface area contributed by atoms with Crippen molar-refractivity contribution in [3.63, 3.8) is 0 Å². The van der Waals surface area contributed by atoms with Gasteiger partial charge in [0, 0.05) is 6.04 Å². The van der Waals surface area contributed by atoms with Crippen LogP contribution in [-0.2, 0) is 15.3 Å². The highest BCUT2D eigenvalue weighted by molar-refractivity contribution is 7.92. The molecule has 1 aromatic rings. The third kappa shape index (κ3) is 3.23. The minimum absolute atomic E-state index is 0.0968. The van der Waals surface area contributed by atoms with Crippen molar-refractivity contribution < 1.29 is 8.42 Å². The van der Waals surface area contributed by atoms with Crippen molar-refractivity contribution in [2.45, 2.75) is 56.7 Å². The maximum absolute atomic E-state index is 12.1. The van der Waals surface area contributed by atoms with Crippen LogP contribution in [0.4, 0.5) is 0 Å². The van der Waals surface area contributed by atoms with Gasteiger partial charge < -0.3 is 5.73 Å². The van der Waals surface area contributed by atoms with Gasteiger partial charge in [-0.25, -0.2) is 8.42 Å². The lowest BCUT2D eigenvalue weighted by atomic mass is 9.86. The summed E-state index contributed by atoms with van der Waals surface area (Å²) in [5.41, 5.74) is 8.48. The number of hydrogen-bond acceptors (Lipinski definition) is 3. The molecule has 2 N–H and O–H groups in total. The molecule has 4 heteroatoms. The van der Waals surface area contributed by atoms with Crippen LogP contribution in [0.2, 0.25) is 0 Å². The Morgan fingerprint density at radius 3 is 2.25 bits per heavy atom. The zero-order chi connectivity index (χ0) is 15.0. The van der Waals surface area contributed by atoms with Crippen LogP contribution in [0.15, 0.2) is 24.3 Å². The number of hydrogen-bond donors (Lipinski definition) is 1. The summed E-state index contributed by atoms with van der Waals surface area (Å²) in [5, 5.41) is -0.420. The van der Waals surface area contributed by atoms with Crippen molar-refractivity contribution in [2.24, 2.45) is 5.73 Å². The van der Waals surface area contributed by atoms with Gasteiger partial charge in [0.25, 0.3) is 0 Å². The molecule has 0 aliphatic carbocycles. The average molecular weight is 295 g/mol. The van der Waals surface area contributed by atoms with E-state index in [4.69, 9.17) is 5.73 Å². The number of rotatable bonds is 2. The SMILES string of the molecule is CC(C)(C)c1ccc(C(N)C2CCCCS2(=O)=O)cc1. The molecule has 0 saturated carbocycles. The van der Waals surface area contributed by atoms with Gasteiger partial charge in [-0.1, -0.05) is 51.5 Å². The molecular weight excluding hydrogens is 270 g/mol. The predicted molar refractivity (Wildman–Crippen MR) is 83.5 cm³/mol. The molecule has 0 bridgehead atoms. The second-order valence-electron chi connectivity index (χ2n) is 6.80. The number of benzene rings is 1. The van der Waals surface area contributed by atoms with Gasteiger partial charge in [-0.05, 0) is 29.4 Å². The van der Waals surface area contributed by atoms with E-state index in [2.05, 4.69) is 32.9 Å². The Labute approximate surface area is 122 Å². The quantitative estimate of drug-likeness (QED) is 0.912. The van der Waals surface area contributed by atoms with E-state index in [1.165, 1.54) is 5.56 Å². The zero-order valence-corrected chi connectivity index (χ0v) is 13.4. The third-order valence-corrected chi connectivity index (χ3v) is 6.50. The molecular formula is C16H25NO2S. The highest BCUT2D eigenvalue weighted by Crippen LogP contribution is 2.30. The summed E-state index contributed by atoms with van der Waals surface area (Å²) in [7, 11) is -3.03. The Bertz CT molecular complexity index is 555. The lowest BCUT2D eigenvalue weighted by molar-refractivity contribution is 0.504. The molecule has 1 fully saturated rings. The van der Waals surface area contributed by atoms with E-state index in [-0.39, 0.29) is 11.2 Å². The highest BCUT2D eigenvalue weighted by atomic mass is 32.2. The fraction of sp³-hybridized carbons (Fsp3) is 0.625. The van der Waals surface area contributed by atoms with E-state index < -0.39 is 21.1 Å². The smallest absolute Gasteiger partial charge is 0.155 e. The summed E-state index contributed by atoms with van der Waals surface area (Å²) in [4.78, 5) is 0. The number of nitrogens with two attached hydrogens (primary N) is 1. The third-order valence-electron chi connectivity index (χ3n) is 4.19. The molecule has 0 spiro atoms. The molecule has 1 aromatic carbocycles. The lowest BCUT2D eigenvalue weighted by Gasteiger charge is -2.28. The maximum atomic E-state index is 12.1. The van der Waals surface area contributed by atoms with E-state index >= 15 is 0 Å². The van der Waals surface area contributed by atoms with Crippen LogP contribution in [0.5, 0.6) is 0 Å². The zero-order valence-electron chi connectivity index (χ0n) is 12.6. The lowest BCUT2D eigenvalue weighted by Crippen LogP contribution is -2.37. The summed E-state index contributed by atoms with van der Waals surface area (Å²) >= 11 is 0. The molecule has 2 atom stereocenters. The molecule has 1 heterocycles. The molecule has 3 nitrogen and oxygen atoms in total. The summed E-state index contributed by atoms with van der Waals surface area (Å²) in [5.74, 6) is 0.283. The first-order valence-electron chi connectivity index (χ1n) is 7.29. The molecule has 2 unspecified atom stereocenters. The average Bonchev–Trinajstić information content (AvgIpc) is 2.36. The predicted octanol–water partition coefficient (Wildman–Crippen LogP) is 2.95. The van der Waals surface area contributed by atoms with Gasteiger partial charge in [0.15, 0.2) is 9.84 Å². The molecule has 0 aromatic heterocycles. The first-order chi connectivity index (χ1) is 9.22. The Hall–Kier alpha value is -0.870. The molecule has 0 radical (unpaired) electrons. The van der Waals surface area contributed by atoms with E-state index in [9.17, 15) is 8.42 Å². The molecule has 1 aliphatic rings. The summed E-state index contributed by atoms with van der Waals surface area (Å²) in [6.45, 7) is 6.48. The van der Waals surface area contributed by atoms with E-state index in [1.54, 1.807) is 0 Å². The second-order valence-corrected chi connectivity index (χ2v) is 9.14. The number of sulfone groups is 1. The Kier molecular flexibility index (Phi) is 4.26. The topological polar surface area (TPSA) is 60.2 Å². The van der Waals surface area contributed by atoms with Crippen molar-refractivity contribution in [1.82, 2.24) is 0 Å². The molecule has 20 heavy (non-hydrogen) atoms. The van der Waals surface area contributed by atoms with Crippen LogP contribution in [-0.4, -0.2) is 19.4 Å². The van der Waals surface area contributed by atoms with Gasteiger partial charge >= 0.3 is 0 Å². The van der Waals surface area contributed by atoms with Crippen molar-refractivity contribution in [3.8, 4) is 0 Å². The first kappa shape index (κ1) is 15.5. The minimum atomic E-state index is -3.03. The molecule has 0 amide bonds. The van der Waals surface area contributed by atoms with E-state index in [0.717, 1.165) is 18.4 Å². The van der Waals surface area contributed by atoms with Gasteiger partial charge in [0.1, 0.15) is 0 Å². The van der Waals surface area contributed by atoms with Crippen LogP contribution in [0, 0.1) is 0 Å². The normalized spacial score (nSPS) is 24.3. The Morgan fingerprint density at radius 2 is 1.75 bits per heavy atom. The van der Waals surface area contributed by atoms with E-state index in [1.807, 2.05) is 12.1 Å². The standard InChI is InChI=1S/C16H25NO2S/c1-16(2,3)13-9-7-12(8-10-13)15(17)14-6-4-5-11-20(14,18)19/h7-10,14-15H,4-6,11,17H2,1-3H3. The minimum Gasteiger partial charge on any atom is -0.323 e. The van der Waals surface area contributed by atoms with Crippen LogP contribution >= 0.6 is 0 Å². The molecule has 112 valence electrons. The first-order valence-corrected chi connectivity index (χ1v) is 9.01. The molecule has 1 saturated heterocycles. The van der Waals surface area contributed by atoms with Gasteiger partial charge in [-0.2, -0.15) is 0 Å².